The van der Waals surface area contributed by atoms with E-state index in [4.69, 9.17) is 20.3 Å². The summed E-state index contributed by atoms with van der Waals surface area (Å²) in [5, 5.41) is 34.8. The van der Waals surface area contributed by atoms with Crippen molar-refractivity contribution < 1.29 is 29.9 Å². The lowest BCUT2D eigenvalue weighted by atomic mass is 9.78. The van der Waals surface area contributed by atoms with Gasteiger partial charge in [0, 0.05) is 11.7 Å². The summed E-state index contributed by atoms with van der Waals surface area (Å²) in [5.74, 6) is -2.85. The fourth-order valence-electron chi connectivity index (χ4n) is 0.974. The Morgan fingerprint density at radius 1 is 1.20 bits per heavy atom. The molecule has 0 saturated heterocycles. The Morgan fingerprint density at radius 2 is 1.80 bits per heavy atom. The molecule has 0 radical (unpaired) electrons. The molecule has 0 aliphatic carbocycles. The highest BCUT2D eigenvalue weighted by molar-refractivity contribution is 6.60. The molecular weight excluding hydrogens is 205 g/mol. The van der Waals surface area contributed by atoms with Crippen LogP contribution in [0.5, 0.6) is 0 Å². The second-order valence-corrected chi connectivity index (χ2v) is 2.64. The van der Waals surface area contributed by atoms with Gasteiger partial charge >= 0.3 is 19.1 Å². The van der Waals surface area contributed by atoms with E-state index in [-0.39, 0.29) is 5.46 Å². The molecule has 1 aromatic heterocycles. The van der Waals surface area contributed by atoms with Gasteiger partial charge in [-0.05, 0) is 6.07 Å². The van der Waals surface area contributed by atoms with Crippen molar-refractivity contribution in [2.24, 2.45) is 0 Å². The first kappa shape index (κ1) is 11.2. The van der Waals surface area contributed by atoms with Crippen LogP contribution in [0.2, 0.25) is 0 Å². The molecule has 0 bridgehead atoms. The molecule has 1 heterocycles. The molecule has 78 valence electrons. The summed E-state index contributed by atoms with van der Waals surface area (Å²) in [5.41, 5.74) is -1.33. The topological polar surface area (TPSA) is 128 Å². The van der Waals surface area contributed by atoms with Crippen LogP contribution in [-0.2, 0) is 0 Å². The van der Waals surface area contributed by atoms with Crippen LogP contribution >= 0.6 is 0 Å². The van der Waals surface area contributed by atoms with Crippen LogP contribution in [0.1, 0.15) is 20.8 Å². The predicted molar refractivity (Wildman–Crippen MR) is 48.0 cm³/mol. The van der Waals surface area contributed by atoms with Gasteiger partial charge in [-0.2, -0.15) is 0 Å². The number of carboxylic acids is 2. The Kier molecular flexibility index (Phi) is 3.03. The molecule has 0 fully saturated rings. The maximum atomic E-state index is 10.7. The SMILES string of the molecule is O=C(O)c1cc(C(=O)O)c(B(O)O)cn1. The Labute approximate surface area is 83.8 Å². The fourth-order valence-corrected chi connectivity index (χ4v) is 0.974. The number of rotatable bonds is 3. The van der Waals surface area contributed by atoms with E-state index in [1.807, 2.05) is 0 Å². The van der Waals surface area contributed by atoms with Crippen molar-refractivity contribution in [3.63, 3.8) is 0 Å². The number of hydrogen-bond acceptors (Lipinski definition) is 5. The van der Waals surface area contributed by atoms with E-state index in [1.165, 1.54) is 0 Å². The number of carbonyl (C=O) groups is 2. The molecule has 0 amide bonds. The molecule has 15 heavy (non-hydrogen) atoms. The first-order chi connectivity index (χ1) is 6.93. The van der Waals surface area contributed by atoms with E-state index in [9.17, 15) is 9.59 Å². The van der Waals surface area contributed by atoms with Crippen LogP contribution in [-0.4, -0.2) is 44.3 Å². The minimum absolute atomic E-state index is 0.354. The molecule has 0 aliphatic rings. The van der Waals surface area contributed by atoms with Gasteiger partial charge in [0.1, 0.15) is 5.69 Å². The third-order valence-electron chi connectivity index (χ3n) is 1.66. The smallest absolute Gasteiger partial charge is 0.478 e. The molecular formula is C7H6BNO6. The lowest BCUT2D eigenvalue weighted by Crippen LogP contribution is -2.35. The molecule has 8 heteroatoms. The molecule has 0 aromatic carbocycles. The summed E-state index contributed by atoms with van der Waals surface area (Å²) in [4.78, 5) is 24.5. The van der Waals surface area contributed by atoms with Crippen LogP contribution in [0.15, 0.2) is 12.3 Å². The first-order valence-electron chi connectivity index (χ1n) is 3.76. The average Bonchev–Trinajstić information content (AvgIpc) is 2.16. The van der Waals surface area contributed by atoms with Crippen molar-refractivity contribution in [3.05, 3.63) is 23.5 Å². The van der Waals surface area contributed by atoms with Gasteiger partial charge in [-0.25, -0.2) is 14.6 Å². The fraction of sp³-hybridized carbons (Fsp3) is 0. The van der Waals surface area contributed by atoms with Crippen molar-refractivity contribution in [1.82, 2.24) is 4.98 Å². The minimum atomic E-state index is -2.01. The van der Waals surface area contributed by atoms with E-state index < -0.39 is 30.3 Å². The number of aromatic carboxylic acids is 2. The zero-order chi connectivity index (χ0) is 11.6. The van der Waals surface area contributed by atoms with Crippen molar-refractivity contribution in [1.29, 1.82) is 0 Å². The Bertz CT molecular complexity index is 418. The monoisotopic (exact) mass is 211 g/mol. The Hall–Kier alpha value is -1.93. The minimum Gasteiger partial charge on any atom is -0.478 e. The highest BCUT2D eigenvalue weighted by atomic mass is 16.4. The third kappa shape index (κ3) is 2.30. The van der Waals surface area contributed by atoms with Crippen molar-refractivity contribution in [2.45, 2.75) is 0 Å². The summed E-state index contributed by atoms with van der Waals surface area (Å²) in [6.07, 6.45) is 0.803. The lowest BCUT2D eigenvalue weighted by Gasteiger charge is -2.04. The summed E-state index contributed by atoms with van der Waals surface area (Å²) < 4.78 is 0. The molecule has 1 rings (SSSR count). The second-order valence-electron chi connectivity index (χ2n) is 2.64. The van der Waals surface area contributed by atoms with Crippen LogP contribution in [0.4, 0.5) is 0 Å². The largest absolute Gasteiger partial charge is 0.490 e. The third-order valence-corrected chi connectivity index (χ3v) is 1.66. The molecule has 4 N–H and O–H groups in total. The van der Waals surface area contributed by atoms with Gasteiger partial charge in [-0.3, -0.25) is 0 Å². The zero-order valence-corrected chi connectivity index (χ0v) is 7.28. The van der Waals surface area contributed by atoms with Gasteiger partial charge in [0.05, 0.1) is 5.56 Å². The lowest BCUT2D eigenvalue weighted by molar-refractivity contribution is 0.0690. The molecule has 1 aromatic rings. The first-order valence-corrected chi connectivity index (χ1v) is 3.76. The van der Waals surface area contributed by atoms with Crippen LogP contribution in [0.25, 0.3) is 0 Å². The van der Waals surface area contributed by atoms with E-state index in [2.05, 4.69) is 4.98 Å². The van der Waals surface area contributed by atoms with Crippen molar-refractivity contribution >= 4 is 24.5 Å². The average molecular weight is 211 g/mol. The predicted octanol–water partition coefficient (Wildman–Crippen LogP) is -1.84. The van der Waals surface area contributed by atoms with Gasteiger partial charge < -0.3 is 20.3 Å². The van der Waals surface area contributed by atoms with Gasteiger partial charge in [-0.15, -0.1) is 0 Å². The summed E-state index contributed by atoms with van der Waals surface area (Å²) in [6, 6.07) is 0.763. The number of nitrogens with zero attached hydrogens (tertiary/aromatic N) is 1. The van der Waals surface area contributed by atoms with Crippen LogP contribution in [0, 0.1) is 0 Å². The van der Waals surface area contributed by atoms with E-state index >= 15 is 0 Å². The van der Waals surface area contributed by atoms with Crippen molar-refractivity contribution in [3.8, 4) is 0 Å². The molecule has 0 atom stereocenters. The van der Waals surface area contributed by atoms with E-state index in [0.717, 1.165) is 12.3 Å². The van der Waals surface area contributed by atoms with E-state index in [0.29, 0.717) is 0 Å². The summed E-state index contributed by atoms with van der Waals surface area (Å²) in [6.45, 7) is 0. The molecule has 7 nitrogen and oxygen atoms in total. The Balaban J connectivity index is 3.33. The maximum absolute atomic E-state index is 10.7. The van der Waals surface area contributed by atoms with Gasteiger partial charge in [0.2, 0.25) is 0 Å². The van der Waals surface area contributed by atoms with Gasteiger partial charge in [0.15, 0.2) is 0 Å². The Morgan fingerprint density at radius 3 is 2.20 bits per heavy atom. The van der Waals surface area contributed by atoms with Crippen molar-refractivity contribution in [2.75, 3.05) is 0 Å². The summed E-state index contributed by atoms with van der Waals surface area (Å²) in [7, 11) is -2.01. The number of hydrogen-bond donors (Lipinski definition) is 4. The molecule has 0 spiro atoms. The number of pyridine rings is 1. The normalized spacial score (nSPS) is 9.73. The maximum Gasteiger partial charge on any atom is 0.490 e. The standard InChI is InChI=1S/C7H6BNO6/c10-6(11)3-1-5(7(12)13)9-2-4(3)8(14)15/h1-2,14-15H,(H,10,11)(H,12,13). The summed E-state index contributed by atoms with van der Waals surface area (Å²) >= 11 is 0. The van der Waals surface area contributed by atoms with Crippen LogP contribution in [0.3, 0.4) is 0 Å². The highest BCUT2D eigenvalue weighted by Gasteiger charge is 2.22. The quantitative estimate of drug-likeness (QED) is 0.432. The van der Waals surface area contributed by atoms with Crippen LogP contribution < -0.4 is 5.46 Å². The van der Waals surface area contributed by atoms with E-state index in [1.54, 1.807) is 0 Å². The zero-order valence-electron chi connectivity index (χ0n) is 7.28. The molecule has 0 aliphatic heterocycles. The second kappa shape index (κ2) is 4.07. The molecule has 0 unspecified atom stereocenters. The van der Waals surface area contributed by atoms with Gasteiger partial charge in [0.25, 0.3) is 0 Å². The molecule has 0 saturated carbocycles. The number of carboxylic acid groups (broad SMARTS) is 2. The van der Waals surface area contributed by atoms with Gasteiger partial charge in [-0.1, -0.05) is 0 Å². The number of aromatic nitrogens is 1. The highest BCUT2D eigenvalue weighted by Crippen LogP contribution is 2.00.